The molecule has 2 aromatic rings. The molecule has 0 bridgehead atoms. The summed E-state index contributed by atoms with van der Waals surface area (Å²) in [6.45, 7) is 3.34. The Morgan fingerprint density at radius 1 is 1.33 bits per heavy atom. The van der Waals surface area contributed by atoms with Gasteiger partial charge in [-0.05, 0) is 31.0 Å². The zero-order valence-corrected chi connectivity index (χ0v) is 14.0. The number of aromatic nitrogens is 1. The Morgan fingerprint density at radius 2 is 2.08 bits per heavy atom. The number of nitriles is 1. The Hall–Kier alpha value is -2.58. The highest BCUT2D eigenvalue weighted by Crippen LogP contribution is 2.21. The van der Waals surface area contributed by atoms with Gasteiger partial charge >= 0.3 is 0 Å². The molecule has 1 aromatic heterocycles. The number of amides is 1. The highest BCUT2D eigenvalue weighted by atomic mass is 35.5. The number of halogens is 1. The number of likely N-dealkylation sites (tertiary alicyclic amines) is 1. The quantitative estimate of drug-likeness (QED) is 0.928. The van der Waals surface area contributed by atoms with Gasteiger partial charge < -0.3 is 10.2 Å². The van der Waals surface area contributed by atoms with Crippen LogP contribution in [-0.4, -0.2) is 28.4 Å². The molecule has 1 unspecified atom stereocenters. The lowest BCUT2D eigenvalue weighted by Gasteiger charge is -2.17. The van der Waals surface area contributed by atoms with Crippen LogP contribution in [0, 0.1) is 18.3 Å². The molecule has 1 aliphatic rings. The van der Waals surface area contributed by atoms with Gasteiger partial charge in [-0.1, -0.05) is 41.4 Å². The van der Waals surface area contributed by atoms with Gasteiger partial charge in [-0.15, -0.1) is 0 Å². The van der Waals surface area contributed by atoms with E-state index in [0.29, 0.717) is 30.4 Å². The van der Waals surface area contributed by atoms with Crippen molar-refractivity contribution in [3.63, 3.8) is 0 Å². The van der Waals surface area contributed by atoms with E-state index in [9.17, 15) is 4.79 Å². The Labute approximate surface area is 145 Å². The summed E-state index contributed by atoms with van der Waals surface area (Å²) in [5.41, 5.74) is 2.47. The molecule has 1 fully saturated rings. The molecule has 1 N–H and O–H groups in total. The maximum atomic E-state index is 12.5. The minimum Gasteiger partial charge on any atom is -0.358 e. The second-order valence-electron chi connectivity index (χ2n) is 5.87. The third-order valence-corrected chi connectivity index (χ3v) is 4.37. The third kappa shape index (κ3) is 3.50. The van der Waals surface area contributed by atoms with Crippen molar-refractivity contribution in [2.45, 2.75) is 25.9 Å². The lowest BCUT2D eigenvalue weighted by Crippen LogP contribution is -2.33. The normalized spacial score (nSPS) is 17.0. The smallest absolute Gasteiger partial charge is 0.245 e. The molecule has 1 amide bonds. The Morgan fingerprint density at radius 3 is 2.79 bits per heavy atom. The summed E-state index contributed by atoms with van der Waals surface area (Å²) < 4.78 is 0. The molecule has 5 nitrogen and oxygen atoms in total. The summed E-state index contributed by atoms with van der Waals surface area (Å²) in [5.74, 6) is 0.539. The molecule has 0 aliphatic carbocycles. The van der Waals surface area contributed by atoms with Gasteiger partial charge in [0.15, 0.2) is 5.69 Å². The second-order valence-corrected chi connectivity index (χ2v) is 6.28. The standard InChI is InChI=1S/C18H17ClN4O/c1-12-2-4-13(5-3-12)11-23-9-8-15(18(23)24)21-17-7-6-14(19)16(10-20)22-17/h2-7,15H,8-9,11H2,1H3,(H,21,22). The Balaban J connectivity index is 1.66. The highest BCUT2D eigenvalue weighted by molar-refractivity contribution is 6.31. The minimum absolute atomic E-state index is 0.0471. The van der Waals surface area contributed by atoms with E-state index in [1.165, 1.54) is 5.56 Å². The fourth-order valence-electron chi connectivity index (χ4n) is 2.72. The first kappa shape index (κ1) is 16.3. The fraction of sp³-hybridized carbons (Fsp3) is 0.278. The molecule has 6 heteroatoms. The molecule has 1 atom stereocenters. The molecule has 3 rings (SSSR count). The second kappa shape index (κ2) is 6.90. The Bertz CT molecular complexity index is 798. The third-order valence-electron chi connectivity index (χ3n) is 4.07. The highest BCUT2D eigenvalue weighted by Gasteiger charge is 2.31. The summed E-state index contributed by atoms with van der Waals surface area (Å²) in [5, 5.41) is 12.4. The van der Waals surface area contributed by atoms with Crippen LogP contribution in [-0.2, 0) is 11.3 Å². The van der Waals surface area contributed by atoms with Crippen molar-refractivity contribution in [3.05, 3.63) is 58.2 Å². The van der Waals surface area contributed by atoms with E-state index in [4.69, 9.17) is 16.9 Å². The zero-order chi connectivity index (χ0) is 17.1. The van der Waals surface area contributed by atoms with E-state index >= 15 is 0 Å². The van der Waals surface area contributed by atoms with Crippen LogP contribution in [0.5, 0.6) is 0 Å². The van der Waals surface area contributed by atoms with Crippen LogP contribution < -0.4 is 5.32 Å². The molecular weight excluding hydrogens is 324 g/mol. The largest absolute Gasteiger partial charge is 0.358 e. The van der Waals surface area contributed by atoms with Crippen LogP contribution >= 0.6 is 11.6 Å². The van der Waals surface area contributed by atoms with Crippen molar-refractivity contribution in [2.75, 3.05) is 11.9 Å². The number of carbonyl (C=O) groups excluding carboxylic acids is 1. The number of carbonyl (C=O) groups is 1. The number of hydrogen-bond acceptors (Lipinski definition) is 4. The van der Waals surface area contributed by atoms with Crippen molar-refractivity contribution < 1.29 is 4.79 Å². The van der Waals surface area contributed by atoms with Gasteiger partial charge in [0.1, 0.15) is 17.9 Å². The van der Waals surface area contributed by atoms with Gasteiger partial charge in [-0.3, -0.25) is 4.79 Å². The Kier molecular flexibility index (Phi) is 4.68. The molecule has 0 saturated carbocycles. The van der Waals surface area contributed by atoms with Crippen molar-refractivity contribution in [1.82, 2.24) is 9.88 Å². The van der Waals surface area contributed by atoms with Crippen molar-refractivity contribution in [3.8, 4) is 6.07 Å². The van der Waals surface area contributed by atoms with Gasteiger partial charge in [0.25, 0.3) is 0 Å². The molecule has 122 valence electrons. The molecule has 1 aromatic carbocycles. The van der Waals surface area contributed by atoms with Gasteiger partial charge in [-0.25, -0.2) is 4.98 Å². The number of hydrogen-bond donors (Lipinski definition) is 1. The first-order chi connectivity index (χ1) is 11.6. The van der Waals surface area contributed by atoms with E-state index in [0.717, 1.165) is 5.56 Å². The molecule has 0 radical (unpaired) electrons. The van der Waals surface area contributed by atoms with Crippen LogP contribution in [0.1, 0.15) is 23.2 Å². The molecule has 1 saturated heterocycles. The number of benzene rings is 1. The van der Waals surface area contributed by atoms with E-state index in [1.54, 1.807) is 12.1 Å². The summed E-state index contributed by atoms with van der Waals surface area (Å²) in [4.78, 5) is 18.5. The van der Waals surface area contributed by atoms with Crippen molar-refractivity contribution >= 4 is 23.3 Å². The number of rotatable bonds is 4. The van der Waals surface area contributed by atoms with Crippen LogP contribution in [0.3, 0.4) is 0 Å². The maximum absolute atomic E-state index is 12.5. The summed E-state index contributed by atoms with van der Waals surface area (Å²) >= 11 is 5.88. The monoisotopic (exact) mass is 340 g/mol. The van der Waals surface area contributed by atoms with E-state index in [1.807, 2.05) is 42.2 Å². The molecule has 2 heterocycles. The zero-order valence-electron chi connectivity index (χ0n) is 13.3. The predicted octanol–water partition coefficient (Wildman–Crippen LogP) is 3.13. The van der Waals surface area contributed by atoms with Gasteiger partial charge in [0.05, 0.1) is 5.02 Å². The van der Waals surface area contributed by atoms with Crippen LogP contribution in [0.2, 0.25) is 5.02 Å². The van der Waals surface area contributed by atoms with Crippen molar-refractivity contribution in [1.29, 1.82) is 5.26 Å². The summed E-state index contributed by atoms with van der Waals surface area (Å²) in [6.07, 6.45) is 0.705. The van der Waals surface area contributed by atoms with Crippen LogP contribution in [0.4, 0.5) is 5.82 Å². The molecule has 0 spiro atoms. The molecular formula is C18H17ClN4O. The first-order valence-electron chi connectivity index (χ1n) is 7.74. The van der Waals surface area contributed by atoms with Gasteiger partial charge in [0.2, 0.25) is 5.91 Å². The number of pyridine rings is 1. The van der Waals surface area contributed by atoms with E-state index in [-0.39, 0.29) is 17.6 Å². The number of anilines is 1. The lowest BCUT2D eigenvalue weighted by molar-refractivity contribution is -0.128. The minimum atomic E-state index is -0.323. The fourth-order valence-corrected chi connectivity index (χ4v) is 2.87. The topological polar surface area (TPSA) is 69.0 Å². The molecule has 24 heavy (non-hydrogen) atoms. The first-order valence-corrected chi connectivity index (χ1v) is 8.12. The lowest BCUT2D eigenvalue weighted by atomic mass is 10.1. The number of aryl methyl sites for hydroxylation is 1. The van der Waals surface area contributed by atoms with Gasteiger partial charge in [0, 0.05) is 13.1 Å². The van der Waals surface area contributed by atoms with Gasteiger partial charge in [-0.2, -0.15) is 5.26 Å². The van der Waals surface area contributed by atoms with E-state index in [2.05, 4.69) is 10.3 Å². The average Bonchev–Trinajstić information content (AvgIpc) is 2.92. The van der Waals surface area contributed by atoms with Crippen molar-refractivity contribution in [2.24, 2.45) is 0 Å². The van der Waals surface area contributed by atoms with Crippen LogP contribution in [0.25, 0.3) is 0 Å². The summed E-state index contributed by atoms with van der Waals surface area (Å²) in [6, 6.07) is 13.1. The summed E-state index contributed by atoms with van der Waals surface area (Å²) in [7, 11) is 0. The molecule has 1 aliphatic heterocycles. The van der Waals surface area contributed by atoms with E-state index < -0.39 is 0 Å². The predicted molar refractivity (Wildman–Crippen MR) is 92.6 cm³/mol. The number of nitrogens with zero attached hydrogens (tertiary/aromatic N) is 3. The maximum Gasteiger partial charge on any atom is 0.245 e. The SMILES string of the molecule is Cc1ccc(CN2CCC(Nc3ccc(Cl)c(C#N)n3)C2=O)cc1. The average molecular weight is 341 g/mol. The van der Waals surface area contributed by atoms with Crippen LogP contribution in [0.15, 0.2) is 36.4 Å². The number of nitrogens with one attached hydrogen (secondary N) is 1.